The number of ether oxygens (including phenoxy) is 1. The third-order valence-electron chi connectivity index (χ3n) is 5.28. The number of aryl methyl sites for hydroxylation is 2. The van der Waals surface area contributed by atoms with E-state index in [2.05, 4.69) is 52.0 Å². The van der Waals surface area contributed by atoms with E-state index >= 15 is 0 Å². The van der Waals surface area contributed by atoms with Gasteiger partial charge < -0.3 is 14.2 Å². The molecule has 3 aromatic rings. The average molecular weight is 365 g/mol. The molecule has 1 aliphatic rings. The summed E-state index contributed by atoms with van der Waals surface area (Å²) in [6.07, 6.45) is 4.72. The van der Waals surface area contributed by atoms with Gasteiger partial charge in [0.25, 0.3) is 0 Å². The maximum absolute atomic E-state index is 5.49. The normalized spacial score (nSPS) is 15.3. The lowest BCUT2D eigenvalue weighted by Crippen LogP contribution is -2.40. The van der Waals surface area contributed by atoms with Crippen LogP contribution in [-0.4, -0.2) is 58.8 Å². The zero-order valence-electron chi connectivity index (χ0n) is 16.1. The Bertz CT molecular complexity index is 900. The number of aromatic nitrogens is 3. The summed E-state index contributed by atoms with van der Waals surface area (Å²) >= 11 is 0. The number of imidazole rings is 1. The summed E-state index contributed by atoms with van der Waals surface area (Å²) in [5.41, 5.74) is 4.61. The highest BCUT2D eigenvalue weighted by Gasteiger charge is 2.18. The monoisotopic (exact) mass is 365 g/mol. The largest absolute Gasteiger partial charge is 0.379 e. The van der Waals surface area contributed by atoms with Gasteiger partial charge in [0, 0.05) is 45.0 Å². The molecule has 1 saturated heterocycles. The molecular weight excluding hydrogens is 338 g/mol. The number of hydrogen-bond acceptors (Lipinski definition) is 5. The Morgan fingerprint density at radius 3 is 2.78 bits per heavy atom. The first-order valence-corrected chi connectivity index (χ1v) is 9.69. The van der Waals surface area contributed by atoms with E-state index in [0.29, 0.717) is 0 Å². The molecule has 1 aromatic carbocycles. The lowest BCUT2D eigenvalue weighted by atomic mass is 10.1. The molecule has 6 nitrogen and oxygen atoms in total. The van der Waals surface area contributed by atoms with E-state index in [9.17, 15) is 0 Å². The molecule has 0 N–H and O–H groups in total. The van der Waals surface area contributed by atoms with Gasteiger partial charge in [0.05, 0.1) is 31.3 Å². The topological polar surface area (TPSA) is 46.4 Å². The Balaban J connectivity index is 1.68. The van der Waals surface area contributed by atoms with Crippen molar-refractivity contribution in [3.8, 4) is 0 Å². The summed E-state index contributed by atoms with van der Waals surface area (Å²) in [6.45, 7) is 7.74. The van der Waals surface area contributed by atoms with Gasteiger partial charge >= 0.3 is 0 Å². The smallest absolute Gasteiger partial charge is 0.135 e. The highest BCUT2D eigenvalue weighted by atomic mass is 16.5. The zero-order chi connectivity index (χ0) is 18.6. The van der Waals surface area contributed by atoms with E-state index in [4.69, 9.17) is 9.72 Å². The molecule has 2 aromatic heterocycles. The number of rotatable bonds is 6. The van der Waals surface area contributed by atoms with Gasteiger partial charge in [0.2, 0.25) is 0 Å². The van der Waals surface area contributed by atoms with Crippen molar-refractivity contribution in [3.63, 3.8) is 0 Å². The number of anilines is 2. The first-order chi connectivity index (χ1) is 13.3. The van der Waals surface area contributed by atoms with Crippen LogP contribution < -0.4 is 4.90 Å². The number of hydrogen-bond donors (Lipinski definition) is 0. The van der Waals surface area contributed by atoms with Crippen LogP contribution in [-0.2, 0) is 18.2 Å². The van der Waals surface area contributed by atoms with Crippen LogP contribution >= 0.6 is 0 Å². The van der Waals surface area contributed by atoms with E-state index in [1.165, 1.54) is 11.3 Å². The number of morpholine rings is 1. The summed E-state index contributed by atoms with van der Waals surface area (Å²) in [6, 6.07) is 10.8. The van der Waals surface area contributed by atoms with Crippen molar-refractivity contribution in [1.82, 2.24) is 19.4 Å². The standard InChI is InChI=1S/C21H27N5O/c1-3-17-6-4-5-7-19(17)26(9-8-25-10-12-27-13-11-25)21-14-20-18(15-22-21)23-16-24(20)2/h4-7,14-16H,3,8-13H2,1-2H3. The second-order valence-electron chi connectivity index (χ2n) is 6.97. The van der Waals surface area contributed by atoms with Gasteiger partial charge in [-0.1, -0.05) is 25.1 Å². The van der Waals surface area contributed by atoms with Gasteiger partial charge in [-0.3, -0.25) is 4.90 Å². The number of para-hydroxylation sites is 1. The number of nitrogens with zero attached hydrogens (tertiary/aromatic N) is 5. The zero-order valence-corrected chi connectivity index (χ0v) is 16.1. The van der Waals surface area contributed by atoms with Gasteiger partial charge in [-0.05, 0) is 18.1 Å². The van der Waals surface area contributed by atoms with Crippen molar-refractivity contribution in [1.29, 1.82) is 0 Å². The number of pyridine rings is 1. The van der Waals surface area contributed by atoms with Crippen molar-refractivity contribution in [3.05, 3.63) is 48.4 Å². The van der Waals surface area contributed by atoms with Crippen LogP contribution in [0.4, 0.5) is 11.5 Å². The Hall–Kier alpha value is -2.44. The fourth-order valence-electron chi connectivity index (χ4n) is 3.67. The van der Waals surface area contributed by atoms with Crippen LogP contribution in [0.2, 0.25) is 0 Å². The third-order valence-corrected chi connectivity index (χ3v) is 5.28. The fourth-order valence-corrected chi connectivity index (χ4v) is 3.67. The second-order valence-corrected chi connectivity index (χ2v) is 6.97. The molecule has 1 aliphatic heterocycles. The molecule has 4 rings (SSSR count). The Morgan fingerprint density at radius 1 is 1.15 bits per heavy atom. The molecule has 0 saturated carbocycles. The summed E-state index contributed by atoms with van der Waals surface area (Å²) in [5.74, 6) is 0.972. The van der Waals surface area contributed by atoms with Crippen molar-refractivity contribution in [2.75, 3.05) is 44.3 Å². The molecule has 0 radical (unpaired) electrons. The van der Waals surface area contributed by atoms with Crippen LogP contribution in [0.15, 0.2) is 42.9 Å². The van der Waals surface area contributed by atoms with E-state index < -0.39 is 0 Å². The Morgan fingerprint density at radius 2 is 1.96 bits per heavy atom. The molecule has 1 fully saturated rings. The predicted octanol–water partition coefficient (Wildman–Crippen LogP) is 3.00. The lowest BCUT2D eigenvalue weighted by Gasteiger charge is -2.31. The van der Waals surface area contributed by atoms with Crippen LogP contribution in [0.1, 0.15) is 12.5 Å². The van der Waals surface area contributed by atoms with Gasteiger partial charge in [-0.15, -0.1) is 0 Å². The van der Waals surface area contributed by atoms with Gasteiger partial charge in [-0.25, -0.2) is 9.97 Å². The molecule has 0 aliphatic carbocycles. The summed E-state index contributed by atoms with van der Waals surface area (Å²) < 4.78 is 7.54. The Labute approximate surface area is 160 Å². The maximum atomic E-state index is 5.49. The highest BCUT2D eigenvalue weighted by Crippen LogP contribution is 2.29. The Kier molecular flexibility index (Phi) is 5.36. The number of fused-ring (bicyclic) bond motifs is 1. The summed E-state index contributed by atoms with van der Waals surface area (Å²) in [5, 5.41) is 0. The molecule has 3 heterocycles. The van der Waals surface area contributed by atoms with Crippen molar-refractivity contribution < 1.29 is 4.74 Å². The van der Waals surface area contributed by atoms with Gasteiger partial charge in [0.15, 0.2) is 0 Å². The molecule has 142 valence electrons. The van der Waals surface area contributed by atoms with Crippen LogP contribution in [0.5, 0.6) is 0 Å². The minimum Gasteiger partial charge on any atom is -0.379 e. The minimum absolute atomic E-state index is 0.824. The average Bonchev–Trinajstić information content (AvgIpc) is 3.10. The second kappa shape index (κ2) is 8.06. The van der Waals surface area contributed by atoms with Crippen molar-refractivity contribution in [2.45, 2.75) is 13.3 Å². The molecule has 6 heteroatoms. The summed E-state index contributed by atoms with van der Waals surface area (Å²) in [4.78, 5) is 14.0. The molecule has 0 atom stereocenters. The minimum atomic E-state index is 0.824. The molecule has 0 bridgehead atoms. The molecular formula is C21H27N5O. The SMILES string of the molecule is CCc1ccccc1N(CCN1CCOCC1)c1cc2c(cn1)ncn2C. The molecule has 0 amide bonds. The van der Waals surface area contributed by atoms with Gasteiger partial charge in [0.1, 0.15) is 11.3 Å². The van der Waals surface area contributed by atoms with Crippen molar-refractivity contribution >= 4 is 22.5 Å². The first-order valence-electron chi connectivity index (χ1n) is 9.69. The third kappa shape index (κ3) is 3.82. The van der Waals surface area contributed by atoms with Gasteiger partial charge in [-0.2, -0.15) is 0 Å². The number of benzene rings is 1. The van der Waals surface area contributed by atoms with Crippen LogP contribution in [0.3, 0.4) is 0 Å². The van der Waals surface area contributed by atoms with Crippen LogP contribution in [0.25, 0.3) is 11.0 Å². The van der Waals surface area contributed by atoms with E-state index in [1.807, 2.05) is 24.1 Å². The molecule has 0 unspecified atom stereocenters. The molecule has 27 heavy (non-hydrogen) atoms. The fraction of sp³-hybridized carbons (Fsp3) is 0.429. The van der Waals surface area contributed by atoms with E-state index in [1.54, 1.807) is 0 Å². The lowest BCUT2D eigenvalue weighted by molar-refractivity contribution is 0.0394. The predicted molar refractivity (Wildman–Crippen MR) is 109 cm³/mol. The summed E-state index contributed by atoms with van der Waals surface area (Å²) in [7, 11) is 2.02. The molecule has 0 spiro atoms. The highest BCUT2D eigenvalue weighted by molar-refractivity contribution is 5.79. The first kappa shape index (κ1) is 17.9. The van der Waals surface area contributed by atoms with E-state index in [-0.39, 0.29) is 0 Å². The van der Waals surface area contributed by atoms with E-state index in [0.717, 1.165) is 62.7 Å². The quantitative estimate of drug-likeness (QED) is 0.672. The maximum Gasteiger partial charge on any atom is 0.135 e. The van der Waals surface area contributed by atoms with Crippen LogP contribution in [0, 0.1) is 0 Å². The van der Waals surface area contributed by atoms with Crippen molar-refractivity contribution in [2.24, 2.45) is 7.05 Å².